The smallest absolute Gasteiger partial charge is 0.181 e. The second kappa shape index (κ2) is 4.78. The minimum atomic E-state index is -0.430. The van der Waals surface area contributed by atoms with Gasteiger partial charge in [-0.05, 0) is 39.3 Å². The number of ether oxygens (including phenoxy) is 2. The van der Waals surface area contributed by atoms with Gasteiger partial charge in [-0.3, -0.25) is 0 Å². The van der Waals surface area contributed by atoms with E-state index in [1.807, 2.05) is 6.92 Å². The molecular formula is C11H22N2O2. The molecule has 4 nitrogen and oxygen atoms in total. The molecule has 3 N–H and O–H groups in total. The van der Waals surface area contributed by atoms with E-state index in [0.717, 1.165) is 19.4 Å². The molecule has 2 rings (SSSR count). The fourth-order valence-corrected chi connectivity index (χ4v) is 2.47. The van der Waals surface area contributed by atoms with Crippen LogP contribution in [0.4, 0.5) is 0 Å². The van der Waals surface area contributed by atoms with Crippen LogP contribution in [0, 0.1) is 0 Å². The minimum absolute atomic E-state index is 0.184. The van der Waals surface area contributed by atoms with Gasteiger partial charge in [0.25, 0.3) is 0 Å². The number of nitrogens with one attached hydrogen (secondary N) is 1. The van der Waals surface area contributed by atoms with Gasteiger partial charge in [0.1, 0.15) is 0 Å². The first-order chi connectivity index (χ1) is 7.24. The second-order valence-corrected chi connectivity index (χ2v) is 4.65. The predicted octanol–water partition coefficient (Wildman–Crippen LogP) is 0.609. The lowest BCUT2D eigenvalue weighted by Crippen LogP contribution is -2.52. The number of nitrogens with two attached hydrogens (primary N) is 1. The summed E-state index contributed by atoms with van der Waals surface area (Å²) in [5.41, 5.74) is 5.52. The highest BCUT2D eigenvalue weighted by molar-refractivity contribution is 4.89. The van der Waals surface area contributed by atoms with E-state index in [9.17, 15) is 0 Å². The molecule has 2 fully saturated rings. The predicted molar refractivity (Wildman–Crippen MR) is 58.5 cm³/mol. The highest BCUT2D eigenvalue weighted by atomic mass is 16.7. The van der Waals surface area contributed by atoms with E-state index in [1.54, 1.807) is 0 Å². The Kier molecular flexibility index (Phi) is 3.61. The van der Waals surface area contributed by atoms with Crippen molar-refractivity contribution in [3.8, 4) is 0 Å². The zero-order valence-electron chi connectivity index (χ0n) is 9.50. The number of hydrogen-bond donors (Lipinski definition) is 2. The van der Waals surface area contributed by atoms with Crippen LogP contribution in [-0.4, -0.2) is 37.6 Å². The van der Waals surface area contributed by atoms with Gasteiger partial charge in [-0.1, -0.05) is 6.42 Å². The van der Waals surface area contributed by atoms with Gasteiger partial charge in [0, 0.05) is 0 Å². The van der Waals surface area contributed by atoms with Crippen LogP contribution < -0.4 is 11.1 Å². The van der Waals surface area contributed by atoms with Crippen LogP contribution in [0.25, 0.3) is 0 Å². The molecule has 2 saturated heterocycles. The summed E-state index contributed by atoms with van der Waals surface area (Å²) in [4.78, 5) is 0. The van der Waals surface area contributed by atoms with Crippen LogP contribution in [0.5, 0.6) is 0 Å². The lowest BCUT2D eigenvalue weighted by molar-refractivity contribution is -0.179. The maximum absolute atomic E-state index is 5.96. The summed E-state index contributed by atoms with van der Waals surface area (Å²) in [6, 6.07) is 0.342. The van der Waals surface area contributed by atoms with Crippen molar-refractivity contribution in [2.75, 3.05) is 19.7 Å². The molecule has 3 unspecified atom stereocenters. The zero-order chi connectivity index (χ0) is 10.7. The average Bonchev–Trinajstić information content (AvgIpc) is 2.64. The summed E-state index contributed by atoms with van der Waals surface area (Å²) in [5.74, 6) is -0.430. The first kappa shape index (κ1) is 11.3. The molecule has 0 aliphatic carbocycles. The maximum atomic E-state index is 5.96. The summed E-state index contributed by atoms with van der Waals surface area (Å²) in [6.07, 6.45) is 4.75. The third-order valence-corrected chi connectivity index (χ3v) is 3.39. The molecule has 0 bridgehead atoms. The van der Waals surface area contributed by atoms with Gasteiger partial charge >= 0.3 is 0 Å². The summed E-state index contributed by atoms with van der Waals surface area (Å²) >= 11 is 0. The van der Waals surface area contributed by atoms with Crippen LogP contribution in [0.1, 0.15) is 32.6 Å². The molecule has 0 amide bonds. The molecular weight excluding hydrogens is 192 g/mol. The zero-order valence-corrected chi connectivity index (χ0v) is 9.50. The highest BCUT2D eigenvalue weighted by Crippen LogP contribution is 2.31. The summed E-state index contributed by atoms with van der Waals surface area (Å²) in [6.45, 7) is 4.48. The third kappa shape index (κ3) is 2.50. The van der Waals surface area contributed by atoms with Crippen LogP contribution in [-0.2, 0) is 9.47 Å². The van der Waals surface area contributed by atoms with Gasteiger partial charge in [0.15, 0.2) is 5.79 Å². The summed E-state index contributed by atoms with van der Waals surface area (Å²) in [5, 5.41) is 3.48. The largest absolute Gasteiger partial charge is 0.346 e. The SMILES string of the molecule is CC1(C2CCCCN2)OCC(CCN)O1. The van der Waals surface area contributed by atoms with E-state index in [2.05, 4.69) is 5.32 Å². The molecule has 4 heteroatoms. The van der Waals surface area contributed by atoms with Crippen LogP contribution in [0.2, 0.25) is 0 Å². The van der Waals surface area contributed by atoms with Crippen molar-refractivity contribution in [1.82, 2.24) is 5.32 Å². The highest BCUT2D eigenvalue weighted by Gasteiger charge is 2.43. The first-order valence-electron chi connectivity index (χ1n) is 6.00. The van der Waals surface area contributed by atoms with Gasteiger partial charge in [-0.25, -0.2) is 0 Å². The Hall–Kier alpha value is -0.160. The van der Waals surface area contributed by atoms with Crippen molar-refractivity contribution in [3.05, 3.63) is 0 Å². The molecule has 15 heavy (non-hydrogen) atoms. The lowest BCUT2D eigenvalue weighted by atomic mass is 9.98. The fourth-order valence-electron chi connectivity index (χ4n) is 2.47. The molecule has 88 valence electrons. The van der Waals surface area contributed by atoms with Crippen molar-refractivity contribution < 1.29 is 9.47 Å². The molecule has 2 aliphatic heterocycles. The van der Waals surface area contributed by atoms with Crippen molar-refractivity contribution in [1.29, 1.82) is 0 Å². The van der Waals surface area contributed by atoms with E-state index >= 15 is 0 Å². The lowest BCUT2D eigenvalue weighted by Gasteiger charge is -2.36. The summed E-state index contributed by atoms with van der Waals surface area (Å²) in [7, 11) is 0. The number of hydrogen-bond acceptors (Lipinski definition) is 4. The Balaban J connectivity index is 1.89. The van der Waals surface area contributed by atoms with Gasteiger partial charge in [0.05, 0.1) is 18.8 Å². The van der Waals surface area contributed by atoms with Crippen molar-refractivity contribution >= 4 is 0 Å². The third-order valence-electron chi connectivity index (χ3n) is 3.39. The van der Waals surface area contributed by atoms with E-state index < -0.39 is 5.79 Å². The Morgan fingerprint density at radius 1 is 1.47 bits per heavy atom. The first-order valence-corrected chi connectivity index (χ1v) is 6.00. The average molecular weight is 214 g/mol. The normalized spacial score (nSPS) is 42.0. The quantitative estimate of drug-likeness (QED) is 0.722. The monoisotopic (exact) mass is 214 g/mol. The van der Waals surface area contributed by atoms with Crippen molar-refractivity contribution in [2.45, 2.75) is 50.5 Å². The molecule has 0 spiro atoms. The van der Waals surface area contributed by atoms with Gasteiger partial charge in [-0.2, -0.15) is 0 Å². The van der Waals surface area contributed by atoms with E-state index in [1.165, 1.54) is 12.8 Å². The Morgan fingerprint density at radius 2 is 2.33 bits per heavy atom. The molecule has 0 aromatic carbocycles. The van der Waals surface area contributed by atoms with Crippen molar-refractivity contribution in [2.24, 2.45) is 5.73 Å². The molecule has 0 radical (unpaired) electrons. The molecule has 0 saturated carbocycles. The molecule has 2 aliphatic rings. The van der Waals surface area contributed by atoms with E-state index in [4.69, 9.17) is 15.2 Å². The van der Waals surface area contributed by atoms with Crippen molar-refractivity contribution in [3.63, 3.8) is 0 Å². The number of piperidine rings is 1. The van der Waals surface area contributed by atoms with Gasteiger partial charge in [-0.15, -0.1) is 0 Å². The fraction of sp³-hybridized carbons (Fsp3) is 1.00. The Bertz CT molecular complexity index is 207. The molecule has 0 aromatic rings. The Morgan fingerprint density at radius 3 is 3.00 bits per heavy atom. The second-order valence-electron chi connectivity index (χ2n) is 4.65. The Labute approximate surface area is 91.5 Å². The van der Waals surface area contributed by atoms with Gasteiger partial charge in [0.2, 0.25) is 0 Å². The van der Waals surface area contributed by atoms with Crippen LogP contribution in [0.3, 0.4) is 0 Å². The van der Waals surface area contributed by atoms with Crippen LogP contribution in [0.15, 0.2) is 0 Å². The standard InChI is InChI=1S/C11H22N2O2/c1-11(10-4-2-3-7-13-10)14-8-9(15-11)5-6-12/h9-10,13H,2-8,12H2,1H3. The van der Waals surface area contributed by atoms with E-state index in [-0.39, 0.29) is 6.10 Å². The van der Waals surface area contributed by atoms with Gasteiger partial charge < -0.3 is 20.5 Å². The van der Waals surface area contributed by atoms with Crippen LogP contribution >= 0.6 is 0 Å². The number of rotatable bonds is 3. The minimum Gasteiger partial charge on any atom is -0.346 e. The maximum Gasteiger partial charge on any atom is 0.181 e. The molecule has 3 atom stereocenters. The summed E-state index contributed by atoms with van der Waals surface area (Å²) < 4.78 is 11.8. The topological polar surface area (TPSA) is 56.5 Å². The van der Waals surface area contributed by atoms with E-state index in [0.29, 0.717) is 19.2 Å². The molecule has 0 aromatic heterocycles. The molecule has 2 heterocycles.